The smallest absolute Gasteiger partial charge is 0.312 e. The van der Waals surface area contributed by atoms with Crippen molar-refractivity contribution < 1.29 is 18.6 Å². The molecule has 0 saturated heterocycles. The van der Waals surface area contributed by atoms with Crippen molar-refractivity contribution in [3.63, 3.8) is 0 Å². The van der Waals surface area contributed by atoms with Crippen LogP contribution in [0.5, 0.6) is 11.6 Å². The Bertz CT molecular complexity index is 564. The molecule has 0 unspecified atom stereocenters. The van der Waals surface area contributed by atoms with Crippen molar-refractivity contribution in [2.75, 3.05) is 6.61 Å². The third-order valence-corrected chi connectivity index (χ3v) is 2.85. The van der Waals surface area contributed by atoms with Gasteiger partial charge in [-0.15, -0.1) is 0 Å². The van der Waals surface area contributed by atoms with Crippen molar-refractivity contribution in [2.45, 2.75) is 5.92 Å². The zero-order chi connectivity index (χ0) is 13.9. The SMILES string of the molecule is OCC(F)(F)c1ccc(Oc2ncccc2Br)cn1. The molecule has 0 atom stereocenters. The Morgan fingerprint density at radius 3 is 2.63 bits per heavy atom. The number of aliphatic hydroxyl groups is 1. The molecule has 0 amide bonds. The minimum Gasteiger partial charge on any atom is -0.436 e. The fourth-order valence-electron chi connectivity index (χ4n) is 1.30. The number of hydrogen-bond donors (Lipinski definition) is 1. The van der Waals surface area contributed by atoms with E-state index in [4.69, 9.17) is 9.84 Å². The number of hydrogen-bond acceptors (Lipinski definition) is 4. The summed E-state index contributed by atoms with van der Waals surface area (Å²) < 4.78 is 32.3. The van der Waals surface area contributed by atoms with Gasteiger partial charge in [-0.25, -0.2) is 4.98 Å². The van der Waals surface area contributed by atoms with Gasteiger partial charge in [-0.05, 0) is 40.2 Å². The number of nitrogens with zero attached hydrogens (tertiary/aromatic N) is 2. The Labute approximate surface area is 116 Å². The second-order valence-electron chi connectivity index (χ2n) is 3.63. The maximum atomic E-state index is 13.1. The Balaban J connectivity index is 2.18. The number of halogens is 3. The van der Waals surface area contributed by atoms with E-state index < -0.39 is 18.2 Å². The normalized spacial score (nSPS) is 11.4. The van der Waals surface area contributed by atoms with E-state index in [1.807, 2.05) is 0 Å². The molecule has 2 aromatic heterocycles. The molecule has 0 spiro atoms. The minimum absolute atomic E-state index is 0.275. The van der Waals surface area contributed by atoms with Gasteiger partial charge in [0.25, 0.3) is 0 Å². The summed E-state index contributed by atoms with van der Waals surface area (Å²) in [6, 6.07) is 5.90. The Morgan fingerprint density at radius 1 is 1.26 bits per heavy atom. The van der Waals surface area contributed by atoms with Crippen molar-refractivity contribution in [2.24, 2.45) is 0 Å². The van der Waals surface area contributed by atoms with Crippen molar-refractivity contribution in [1.29, 1.82) is 0 Å². The molecular weight excluding hydrogens is 322 g/mol. The first-order chi connectivity index (χ1) is 9.03. The third kappa shape index (κ3) is 3.24. The van der Waals surface area contributed by atoms with E-state index in [1.165, 1.54) is 6.07 Å². The second kappa shape index (κ2) is 5.58. The van der Waals surface area contributed by atoms with Crippen LogP contribution in [-0.4, -0.2) is 21.7 Å². The number of rotatable bonds is 4. The first-order valence-electron chi connectivity index (χ1n) is 5.26. The lowest BCUT2D eigenvalue weighted by Gasteiger charge is -2.12. The van der Waals surface area contributed by atoms with Crippen LogP contribution >= 0.6 is 15.9 Å². The standard InChI is InChI=1S/C12H9BrF2N2O2/c13-9-2-1-5-16-11(9)19-8-3-4-10(17-6-8)12(14,15)7-18/h1-6,18H,7H2. The van der Waals surface area contributed by atoms with E-state index in [-0.39, 0.29) is 5.75 Å². The number of aliphatic hydroxyl groups excluding tert-OH is 1. The second-order valence-corrected chi connectivity index (χ2v) is 4.49. The Morgan fingerprint density at radius 2 is 2.05 bits per heavy atom. The number of alkyl halides is 2. The van der Waals surface area contributed by atoms with Crippen molar-refractivity contribution in [3.05, 3.63) is 46.8 Å². The van der Waals surface area contributed by atoms with Gasteiger partial charge in [-0.2, -0.15) is 8.78 Å². The first kappa shape index (κ1) is 13.8. The molecule has 0 radical (unpaired) electrons. The highest BCUT2D eigenvalue weighted by Gasteiger charge is 2.32. The van der Waals surface area contributed by atoms with Crippen molar-refractivity contribution in [3.8, 4) is 11.6 Å². The van der Waals surface area contributed by atoms with Gasteiger partial charge in [0.05, 0.1) is 10.7 Å². The molecule has 0 bridgehead atoms. The van der Waals surface area contributed by atoms with E-state index in [2.05, 4.69) is 25.9 Å². The molecule has 2 heterocycles. The van der Waals surface area contributed by atoms with Gasteiger partial charge >= 0.3 is 5.92 Å². The number of ether oxygens (including phenoxy) is 1. The lowest BCUT2D eigenvalue weighted by atomic mass is 10.2. The van der Waals surface area contributed by atoms with Crippen LogP contribution < -0.4 is 4.74 Å². The summed E-state index contributed by atoms with van der Waals surface area (Å²) in [6.07, 6.45) is 2.70. The highest BCUT2D eigenvalue weighted by Crippen LogP contribution is 2.29. The van der Waals surface area contributed by atoms with Crippen LogP contribution in [0.25, 0.3) is 0 Å². The van der Waals surface area contributed by atoms with Crippen LogP contribution in [0.15, 0.2) is 41.1 Å². The Hall–Kier alpha value is -1.60. The van der Waals surface area contributed by atoms with Crippen LogP contribution in [0.4, 0.5) is 8.78 Å². The summed E-state index contributed by atoms with van der Waals surface area (Å²) in [5.41, 5.74) is -0.512. The summed E-state index contributed by atoms with van der Waals surface area (Å²) in [7, 11) is 0. The molecule has 2 aromatic rings. The zero-order valence-corrected chi connectivity index (χ0v) is 11.1. The molecule has 7 heteroatoms. The van der Waals surface area contributed by atoms with Gasteiger partial charge in [0.2, 0.25) is 5.88 Å². The molecule has 0 saturated carbocycles. The molecule has 2 rings (SSSR count). The van der Waals surface area contributed by atoms with Crippen LogP contribution in [-0.2, 0) is 5.92 Å². The van der Waals surface area contributed by atoms with Gasteiger partial charge in [0.1, 0.15) is 18.1 Å². The number of aromatic nitrogens is 2. The summed E-state index contributed by atoms with van der Waals surface area (Å²) in [5, 5.41) is 8.55. The Kier molecular flexibility index (Phi) is 4.06. The van der Waals surface area contributed by atoms with E-state index in [1.54, 1.807) is 18.3 Å². The van der Waals surface area contributed by atoms with Crippen LogP contribution in [0, 0.1) is 0 Å². The molecule has 19 heavy (non-hydrogen) atoms. The van der Waals surface area contributed by atoms with Gasteiger partial charge in [0, 0.05) is 6.20 Å². The lowest BCUT2D eigenvalue weighted by Crippen LogP contribution is -2.19. The van der Waals surface area contributed by atoms with E-state index >= 15 is 0 Å². The fraction of sp³-hybridized carbons (Fsp3) is 0.167. The van der Waals surface area contributed by atoms with Gasteiger partial charge in [0.15, 0.2) is 0 Å². The maximum Gasteiger partial charge on any atom is 0.312 e. The highest BCUT2D eigenvalue weighted by atomic mass is 79.9. The molecule has 0 aromatic carbocycles. The van der Waals surface area contributed by atoms with Crippen LogP contribution in [0.2, 0.25) is 0 Å². The summed E-state index contributed by atoms with van der Waals surface area (Å²) in [4.78, 5) is 7.54. The monoisotopic (exact) mass is 330 g/mol. The van der Waals surface area contributed by atoms with Crippen molar-refractivity contribution >= 4 is 15.9 Å². The average molecular weight is 331 g/mol. The van der Waals surface area contributed by atoms with Gasteiger partial charge < -0.3 is 9.84 Å². The lowest BCUT2D eigenvalue weighted by molar-refractivity contribution is -0.0592. The molecule has 0 fully saturated rings. The minimum atomic E-state index is -3.36. The molecule has 0 aliphatic heterocycles. The fourth-order valence-corrected chi connectivity index (χ4v) is 1.63. The van der Waals surface area contributed by atoms with E-state index in [0.717, 1.165) is 12.3 Å². The highest BCUT2D eigenvalue weighted by molar-refractivity contribution is 9.10. The van der Waals surface area contributed by atoms with Crippen LogP contribution in [0.3, 0.4) is 0 Å². The summed E-state index contributed by atoms with van der Waals surface area (Å²) >= 11 is 3.25. The quantitative estimate of drug-likeness (QED) is 0.935. The average Bonchev–Trinajstić information content (AvgIpc) is 2.42. The molecule has 0 aliphatic rings. The molecule has 100 valence electrons. The molecule has 1 N–H and O–H groups in total. The molecule has 0 aliphatic carbocycles. The summed E-state index contributed by atoms with van der Waals surface area (Å²) in [6.45, 7) is -1.29. The topological polar surface area (TPSA) is 55.2 Å². The predicted molar refractivity (Wildman–Crippen MR) is 67.2 cm³/mol. The van der Waals surface area contributed by atoms with Gasteiger partial charge in [-0.1, -0.05) is 0 Å². The summed E-state index contributed by atoms with van der Waals surface area (Å²) in [5.74, 6) is -2.77. The van der Waals surface area contributed by atoms with Gasteiger partial charge in [-0.3, -0.25) is 4.98 Å². The van der Waals surface area contributed by atoms with E-state index in [9.17, 15) is 8.78 Å². The molecular formula is C12H9BrF2N2O2. The molecule has 4 nitrogen and oxygen atoms in total. The largest absolute Gasteiger partial charge is 0.436 e. The van der Waals surface area contributed by atoms with Crippen molar-refractivity contribution in [1.82, 2.24) is 9.97 Å². The first-order valence-corrected chi connectivity index (χ1v) is 6.06. The van der Waals surface area contributed by atoms with Crippen LogP contribution in [0.1, 0.15) is 5.69 Å². The predicted octanol–water partition coefficient (Wildman–Crippen LogP) is 3.12. The third-order valence-electron chi connectivity index (χ3n) is 2.25. The maximum absolute atomic E-state index is 13.1. The van der Waals surface area contributed by atoms with E-state index in [0.29, 0.717) is 10.4 Å². The zero-order valence-electron chi connectivity index (χ0n) is 9.55. The number of pyridine rings is 2.